The lowest BCUT2D eigenvalue weighted by atomic mass is 10.1. The Morgan fingerprint density at radius 3 is 2.23 bits per heavy atom. The highest BCUT2D eigenvalue weighted by molar-refractivity contribution is 7.92. The van der Waals surface area contributed by atoms with Crippen LogP contribution in [0.3, 0.4) is 0 Å². The molecule has 0 unspecified atom stereocenters. The van der Waals surface area contributed by atoms with Crippen molar-refractivity contribution in [1.29, 1.82) is 0 Å². The van der Waals surface area contributed by atoms with Crippen molar-refractivity contribution in [2.45, 2.75) is 4.90 Å². The molecule has 140 valence electrons. The third-order valence-electron chi connectivity index (χ3n) is 3.40. The van der Waals surface area contributed by atoms with Gasteiger partial charge in [0.1, 0.15) is 5.69 Å². The minimum Gasteiger partial charge on any atom is -0.493 e. The average molecular weight is 402 g/mol. The van der Waals surface area contributed by atoms with Crippen LogP contribution in [0.4, 0.5) is 5.69 Å². The Balaban J connectivity index is 2.69. The van der Waals surface area contributed by atoms with Crippen molar-refractivity contribution in [1.82, 2.24) is 0 Å². The smallest absolute Gasteiger partial charge is 0.338 e. The molecule has 0 amide bonds. The van der Waals surface area contributed by atoms with Crippen molar-refractivity contribution >= 4 is 33.3 Å². The number of benzene rings is 2. The number of hydrogen-bond donors (Lipinski definition) is 2. The highest BCUT2D eigenvalue weighted by atomic mass is 35.5. The average Bonchev–Trinajstić information content (AvgIpc) is 2.60. The summed E-state index contributed by atoms with van der Waals surface area (Å²) >= 11 is 5.83. The van der Waals surface area contributed by atoms with Crippen LogP contribution in [-0.4, -0.2) is 40.8 Å². The van der Waals surface area contributed by atoms with Gasteiger partial charge in [-0.05, 0) is 18.2 Å². The second kappa shape index (κ2) is 7.71. The molecule has 0 fully saturated rings. The first-order chi connectivity index (χ1) is 12.2. The van der Waals surface area contributed by atoms with Gasteiger partial charge in [-0.2, -0.15) is 0 Å². The summed E-state index contributed by atoms with van der Waals surface area (Å²) in [7, 11) is -0.259. The lowest BCUT2D eigenvalue weighted by Crippen LogP contribution is -2.17. The van der Waals surface area contributed by atoms with Crippen LogP contribution in [-0.2, 0) is 10.0 Å². The van der Waals surface area contributed by atoms with Crippen molar-refractivity contribution in [2.75, 3.05) is 26.1 Å². The van der Waals surface area contributed by atoms with Gasteiger partial charge in [0.25, 0.3) is 10.0 Å². The summed E-state index contributed by atoms with van der Waals surface area (Å²) < 4.78 is 43.0. The molecule has 26 heavy (non-hydrogen) atoms. The quantitative estimate of drug-likeness (QED) is 0.733. The summed E-state index contributed by atoms with van der Waals surface area (Å²) in [5, 5.41) is 9.69. The lowest BCUT2D eigenvalue weighted by Gasteiger charge is -2.19. The number of hydrogen-bond acceptors (Lipinski definition) is 6. The van der Waals surface area contributed by atoms with Gasteiger partial charge in [-0.1, -0.05) is 17.7 Å². The summed E-state index contributed by atoms with van der Waals surface area (Å²) in [5.74, 6) is -1.39. The fourth-order valence-corrected chi connectivity index (χ4v) is 3.64. The van der Waals surface area contributed by atoms with E-state index in [1.807, 2.05) is 0 Å². The van der Waals surface area contributed by atoms with E-state index in [4.69, 9.17) is 25.8 Å². The van der Waals surface area contributed by atoms with Crippen LogP contribution in [0, 0.1) is 0 Å². The number of ether oxygens (including phenoxy) is 3. The van der Waals surface area contributed by atoms with Crippen molar-refractivity contribution in [2.24, 2.45) is 0 Å². The number of carboxylic acids is 1. The second-order valence-corrected chi connectivity index (χ2v) is 7.05. The minimum absolute atomic E-state index is 0.0452. The van der Waals surface area contributed by atoms with Gasteiger partial charge < -0.3 is 19.3 Å². The van der Waals surface area contributed by atoms with Gasteiger partial charge in [0.05, 0.1) is 31.8 Å². The maximum Gasteiger partial charge on any atom is 0.338 e. The van der Waals surface area contributed by atoms with Crippen LogP contribution >= 0.6 is 11.6 Å². The van der Waals surface area contributed by atoms with Gasteiger partial charge >= 0.3 is 5.97 Å². The van der Waals surface area contributed by atoms with Gasteiger partial charge in [-0.3, -0.25) is 4.72 Å². The maximum atomic E-state index is 12.7. The largest absolute Gasteiger partial charge is 0.493 e. The van der Waals surface area contributed by atoms with Crippen molar-refractivity contribution in [3.05, 3.63) is 40.9 Å². The molecule has 0 bridgehead atoms. The Bertz CT molecular complexity index is 944. The molecule has 0 aromatic heterocycles. The molecule has 0 aliphatic heterocycles. The van der Waals surface area contributed by atoms with Crippen LogP contribution < -0.4 is 18.9 Å². The van der Waals surface area contributed by atoms with Gasteiger partial charge in [0.2, 0.25) is 5.75 Å². The van der Waals surface area contributed by atoms with Crippen molar-refractivity contribution in [3.63, 3.8) is 0 Å². The molecule has 0 saturated heterocycles. The van der Waals surface area contributed by atoms with E-state index in [1.165, 1.54) is 45.6 Å². The Morgan fingerprint density at radius 2 is 1.73 bits per heavy atom. The fraction of sp³-hybridized carbons (Fsp3) is 0.188. The van der Waals surface area contributed by atoms with E-state index in [0.717, 1.165) is 6.07 Å². The Kier molecular flexibility index (Phi) is 5.83. The molecule has 2 rings (SSSR count). The molecular weight excluding hydrogens is 386 g/mol. The summed E-state index contributed by atoms with van der Waals surface area (Å²) in [6.45, 7) is 0. The normalized spacial score (nSPS) is 10.9. The molecule has 0 aliphatic rings. The Labute approximate surface area is 155 Å². The number of halogens is 1. The summed E-state index contributed by atoms with van der Waals surface area (Å²) in [6, 6.07) is 6.67. The van der Waals surface area contributed by atoms with Gasteiger partial charge in [-0.15, -0.1) is 0 Å². The molecule has 0 heterocycles. The first-order valence-corrected chi connectivity index (χ1v) is 8.96. The summed E-state index contributed by atoms with van der Waals surface area (Å²) in [5.41, 5.74) is -0.664. The highest BCUT2D eigenvalue weighted by Crippen LogP contribution is 2.45. The van der Waals surface area contributed by atoms with Crippen molar-refractivity contribution < 1.29 is 32.5 Å². The number of nitrogens with one attached hydrogen (secondary N) is 1. The van der Waals surface area contributed by atoms with Gasteiger partial charge in [-0.25, -0.2) is 13.2 Å². The number of rotatable bonds is 7. The van der Waals surface area contributed by atoms with E-state index in [-0.39, 0.29) is 38.4 Å². The highest BCUT2D eigenvalue weighted by Gasteiger charge is 2.28. The molecule has 0 saturated carbocycles. The first kappa shape index (κ1) is 19.7. The van der Waals surface area contributed by atoms with E-state index in [0.29, 0.717) is 0 Å². The first-order valence-electron chi connectivity index (χ1n) is 7.09. The van der Waals surface area contributed by atoms with Crippen LogP contribution in [0.15, 0.2) is 35.2 Å². The van der Waals surface area contributed by atoms with Crippen LogP contribution in [0.1, 0.15) is 10.4 Å². The molecule has 0 aliphatic carbocycles. The Morgan fingerprint density at radius 1 is 1.08 bits per heavy atom. The number of carbonyl (C=O) groups is 1. The van der Waals surface area contributed by atoms with E-state index >= 15 is 0 Å². The number of methoxy groups -OCH3 is 3. The van der Waals surface area contributed by atoms with E-state index in [9.17, 15) is 18.3 Å². The van der Waals surface area contributed by atoms with E-state index in [1.54, 1.807) is 0 Å². The molecule has 2 N–H and O–H groups in total. The number of anilines is 1. The molecule has 2 aromatic rings. The zero-order valence-electron chi connectivity index (χ0n) is 14.1. The zero-order valence-corrected chi connectivity index (χ0v) is 15.6. The molecular formula is C16H16ClNO7S. The standard InChI is InChI=1S/C16H16ClNO7S/c1-23-12-8-11(16(19)20)13(15(25-3)14(12)24-2)18-26(21,22)10-6-4-5-9(17)7-10/h4-8,18H,1-3H3,(H,19,20). The summed E-state index contributed by atoms with van der Waals surface area (Å²) in [6.07, 6.45) is 0. The molecule has 0 atom stereocenters. The van der Waals surface area contributed by atoms with E-state index < -0.39 is 16.0 Å². The zero-order chi connectivity index (χ0) is 19.5. The van der Waals surface area contributed by atoms with Crippen LogP contribution in [0.2, 0.25) is 5.02 Å². The molecule has 2 aromatic carbocycles. The predicted octanol–water partition coefficient (Wildman–Crippen LogP) is 2.86. The summed E-state index contributed by atoms with van der Waals surface area (Å²) in [4.78, 5) is 11.5. The lowest BCUT2D eigenvalue weighted by molar-refractivity contribution is 0.0697. The molecule has 8 nitrogen and oxygen atoms in total. The fourth-order valence-electron chi connectivity index (χ4n) is 2.25. The second-order valence-electron chi connectivity index (χ2n) is 4.94. The van der Waals surface area contributed by atoms with Crippen molar-refractivity contribution in [3.8, 4) is 17.2 Å². The van der Waals surface area contributed by atoms with Crippen LogP contribution in [0.5, 0.6) is 17.2 Å². The van der Waals surface area contributed by atoms with Crippen LogP contribution in [0.25, 0.3) is 0 Å². The minimum atomic E-state index is -4.14. The number of carboxylic acid groups (broad SMARTS) is 1. The monoisotopic (exact) mass is 401 g/mol. The Hall–Kier alpha value is -2.65. The SMILES string of the molecule is COc1cc(C(=O)O)c(NS(=O)(=O)c2cccc(Cl)c2)c(OC)c1OC. The van der Waals surface area contributed by atoms with Gasteiger partial charge in [0.15, 0.2) is 11.5 Å². The molecule has 10 heteroatoms. The van der Waals surface area contributed by atoms with Gasteiger partial charge in [0, 0.05) is 11.1 Å². The maximum absolute atomic E-state index is 12.7. The third-order valence-corrected chi connectivity index (χ3v) is 4.99. The predicted molar refractivity (Wildman–Crippen MR) is 95.3 cm³/mol. The molecule has 0 radical (unpaired) electrons. The molecule has 0 spiro atoms. The number of sulfonamides is 1. The topological polar surface area (TPSA) is 111 Å². The van der Waals surface area contributed by atoms with E-state index in [2.05, 4.69) is 4.72 Å². The third kappa shape index (κ3) is 3.78. The number of aromatic carboxylic acids is 1.